The topological polar surface area (TPSA) is 59.4 Å². The number of nitrogens with one attached hydrogen (secondary N) is 1. The average molecular weight is 340 g/mol. The van der Waals surface area contributed by atoms with Gasteiger partial charge in [-0.05, 0) is 25.0 Å². The second kappa shape index (κ2) is 6.61. The number of hydrogen-bond acceptors (Lipinski definition) is 4. The fourth-order valence-electron chi connectivity index (χ4n) is 3.93. The third-order valence-corrected chi connectivity index (χ3v) is 5.16. The highest BCUT2D eigenvalue weighted by atomic mass is 16.5. The van der Waals surface area contributed by atoms with Gasteiger partial charge in [-0.2, -0.15) is 5.10 Å². The van der Waals surface area contributed by atoms with E-state index in [-0.39, 0.29) is 18.1 Å². The van der Waals surface area contributed by atoms with Gasteiger partial charge in [0.15, 0.2) is 0 Å². The number of ether oxygens (including phenoxy) is 1. The maximum absolute atomic E-state index is 12.5. The zero-order chi connectivity index (χ0) is 17.4. The van der Waals surface area contributed by atoms with Crippen LogP contribution in [-0.4, -0.2) is 52.4 Å². The van der Waals surface area contributed by atoms with E-state index in [0.717, 1.165) is 31.8 Å². The molecule has 0 aliphatic carbocycles. The molecule has 0 bridgehead atoms. The Hall–Kier alpha value is -2.18. The van der Waals surface area contributed by atoms with Crippen molar-refractivity contribution in [2.45, 2.75) is 31.5 Å². The molecule has 0 spiro atoms. The van der Waals surface area contributed by atoms with Crippen molar-refractivity contribution in [3.8, 4) is 0 Å². The number of rotatable bonds is 3. The standard InChI is InChI=1S/C19H24N4O2/c1-13-8-17(22(2)21-13)19(24)20-15-9-16-12-25-18(11-23(16)10-15)14-6-4-3-5-7-14/h3-8,15-16,18H,9-12H2,1-2H3,(H,20,24)/t15-,16+,18-/m1/s1. The van der Waals surface area contributed by atoms with Gasteiger partial charge in [-0.15, -0.1) is 0 Å². The number of fused-ring (bicyclic) bond motifs is 1. The van der Waals surface area contributed by atoms with Gasteiger partial charge >= 0.3 is 0 Å². The highest BCUT2D eigenvalue weighted by Crippen LogP contribution is 2.30. The number of benzene rings is 1. The number of hydrogen-bond donors (Lipinski definition) is 1. The van der Waals surface area contributed by atoms with Crippen molar-refractivity contribution in [2.75, 3.05) is 19.7 Å². The first kappa shape index (κ1) is 16.3. The molecule has 2 saturated heterocycles. The molecule has 2 aliphatic heterocycles. The van der Waals surface area contributed by atoms with Gasteiger partial charge in [0, 0.05) is 32.2 Å². The van der Waals surface area contributed by atoms with Gasteiger partial charge in [0.25, 0.3) is 5.91 Å². The lowest BCUT2D eigenvalue weighted by Crippen LogP contribution is -2.43. The largest absolute Gasteiger partial charge is 0.371 e. The molecule has 0 unspecified atom stereocenters. The lowest BCUT2D eigenvalue weighted by atomic mass is 10.1. The molecule has 1 aromatic carbocycles. The minimum absolute atomic E-state index is 0.0477. The Kier molecular flexibility index (Phi) is 4.31. The van der Waals surface area contributed by atoms with Crippen LogP contribution < -0.4 is 5.32 Å². The van der Waals surface area contributed by atoms with Gasteiger partial charge in [-0.3, -0.25) is 14.4 Å². The molecule has 2 aromatic rings. The second-order valence-corrected chi connectivity index (χ2v) is 7.04. The first-order valence-electron chi connectivity index (χ1n) is 8.82. The van der Waals surface area contributed by atoms with Crippen LogP contribution in [0.25, 0.3) is 0 Å². The maximum atomic E-state index is 12.5. The highest BCUT2D eigenvalue weighted by molar-refractivity contribution is 5.92. The summed E-state index contributed by atoms with van der Waals surface area (Å²) in [6.45, 7) is 4.37. The smallest absolute Gasteiger partial charge is 0.269 e. The van der Waals surface area contributed by atoms with Crippen molar-refractivity contribution in [3.05, 3.63) is 53.3 Å². The number of amides is 1. The molecule has 6 nitrogen and oxygen atoms in total. The van der Waals surface area contributed by atoms with E-state index < -0.39 is 0 Å². The van der Waals surface area contributed by atoms with Crippen LogP contribution >= 0.6 is 0 Å². The van der Waals surface area contributed by atoms with Crippen molar-refractivity contribution in [1.29, 1.82) is 0 Å². The molecule has 0 saturated carbocycles. The SMILES string of the molecule is Cc1cc(C(=O)N[C@@H]2C[C@H]3CO[C@@H](c4ccccc4)CN3C2)n(C)n1. The van der Waals surface area contributed by atoms with Crippen LogP contribution in [0.15, 0.2) is 36.4 Å². The zero-order valence-electron chi connectivity index (χ0n) is 14.7. The number of morpholine rings is 1. The van der Waals surface area contributed by atoms with Crippen molar-refractivity contribution in [1.82, 2.24) is 20.0 Å². The van der Waals surface area contributed by atoms with E-state index in [4.69, 9.17) is 4.74 Å². The van der Waals surface area contributed by atoms with Crippen molar-refractivity contribution >= 4 is 5.91 Å². The van der Waals surface area contributed by atoms with Crippen LogP contribution in [0.5, 0.6) is 0 Å². The van der Waals surface area contributed by atoms with Crippen LogP contribution in [0.4, 0.5) is 0 Å². The van der Waals surface area contributed by atoms with Gasteiger partial charge in [-0.25, -0.2) is 0 Å². The van der Waals surface area contributed by atoms with E-state index in [0.29, 0.717) is 11.7 Å². The van der Waals surface area contributed by atoms with Crippen molar-refractivity contribution in [3.63, 3.8) is 0 Å². The summed E-state index contributed by atoms with van der Waals surface area (Å²) in [7, 11) is 1.80. The average Bonchev–Trinajstić information content (AvgIpc) is 3.16. The van der Waals surface area contributed by atoms with Crippen LogP contribution in [0.1, 0.15) is 34.3 Å². The fraction of sp³-hybridized carbons (Fsp3) is 0.474. The first-order valence-corrected chi connectivity index (χ1v) is 8.82. The minimum Gasteiger partial charge on any atom is -0.371 e. The second-order valence-electron chi connectivity index (χ2n) is 7.04. The molecule has 3 heterocycles. The van der Waals surface area contributed by atoms with Crippen LogP contribution in [0.3, 0.4) is 0 Å². The Balaban J connectivity index is 1.38. The maximum Gasteiger partial charge on any atom is 0.269 e. The Morgan fingerprint density at radius 2 is 2.08 bits per heavy atom. The molecule has 1 aromatic heterocycles. The summed E-state index contributed by atoms with van der Waals surface area (Å²) in [5, 5.41) is 7.41. The summed E-state index contributed by atoms with van der Waals surface area (Å²) in [5.74, 6) is -0.0477. The minimum atomic E-state index is -0.0477. The monoisotopic (exact) mass is 340 g/mol. The van der Waals surface area contributed by atoms with Gasteiger partial charge in [0.2, 0.25) is 0 Å². The molecule has 1 amide bonds. The molecule has 4 rings (SSSR count). The molecule has 2 aliphatic rings. The predicted molar refractivity (Wildman–Crippen MR) is 94.3 cm³/mol. The first-order chi connectivity index (χ1) is 12.1. The number of nitrogens with zero attached hydrogens (tertiary/aromatic N) is 3. The summed E-state index contributed by atoms with van der Waals surface area (Å²) < 4.78 is 7.71. The Bertz CT molecular complexity index is 758. The van der Waals surface area contributed by atoms with Crippen LogP contribution in [0, 0.1) is 6.92 Å². The van der Waals surface area contributed by atoms with Crippen LogP contribution in [0.2, 0.25) is 0 Å². The molecule has 25 heavy (non-hydrogen) atoms. The quantitative estimate of drug-likeness (QED) is 0.923. The normalized spacial score (nSPS) is 26.4. The summed E-state index contributed by atoms with van der Waals surface area (Å²) in [6, 6.07) is 12.7. The van der Waals surface area contributed by atoms with E-state index in [1.807, 2.05) is 31.2 Å². The number of carbonyl (C=O) groups is 1. The van der Waals surface area contributed by atoms with Crippen molar-refractivity contribution in [2.24, 2.45) is 7.05 Å². The van der Waals surface area contributed by atoms with E-state index in [9.17, 15) is 4.79 Å². The summed E-state index contributed by atoms with van der Waals surface area (Å²) >= 11 is 0. The van der Waals surface area contributed by atoms with Crippen LogP contribution in [-0.2, 0) is 11.8 Å². The van der Waals surface area contributed by atoms with Crippen molar-refractivity contribution < 1.29 is 9.53 Å². The number of carbonyl (C=O) groups excluding carboxylic acids is 1. The third kappa shape index (κ3) is 3.32. The zero-order valence-corrected chi connectivity index (χ0v) is 14.7. The van der Waals surface area contributed by atoms with E-state index in [1.165, 1.54) is 5.56 Å². The lowest BCUT2D eigenvalue weighted by Gasteiger charge is -2.35. The molecule has 3 atom stereocenters. The highest BCUT2D eigenvalue weighted by Gasteiger charge is 2.38. The predicted octanol–water partition coefficient (Wildman–Crippen LogP) is 1.67. The van der Waals surface area contributed by atoms with E-state index >= 15 is 0 Å². The van der Waals surface area contributed by atoms with Gasteiger partial charge in [0.1, 0.15) is 5.69 Å². The molecular weight excluding hydrogens is 316 g/mol. The molecule has 2 fully saturated rings. The van der Waals surface area contributed by atoms with Gasteiger partial charge in [-0.1, -0.05) is 30.3 Å². The lowest BCUT2D eigenvalue weighted by molar-refractivity contribution is -0.0502. The van der Waals surface area contributed by atoms with E-state index in [2.05, 4.69) is 27.4 Å². The Labute approximate surface area is 147 Å². The molecule has 0 radical (unpaired) electrons. The fourth-order valence-corrected chi connectivity index (χ4v) is 3.93. The van der Waals surface area contributed by atoms with E-state index in [1.54, 1.807) is 11.7 Å². The molecule has 132 valence electrons. The van der Waals surface area contributed by atoms with Gasteiger partial charge < -0.3 is 10.1 Å². The summed E-state index contributed by atoms with van der Waals surface area (Å²) in [4.78, 5) is 14.9. The van der Waals surface area contributed by atoms with Gasteiger partial charge in [0.05, 0.1) is 18.4 Å². The summed E-state index contributed by atoms with van der Waals surface area (Å²) in [6.07, 6.45) is 1.05. The number of aromatic nitrogens is 2. The summed E-state index contributed by atoms with van der Waals surface area (Å²) in [5.41, 5.74) is 2.69. The third-order valence-electron chi connectivity index (χ3n) is 5.16. The Morgan fingerprint density at radius 3 is 2.80 bits per heavy atom. The Morgan fingerprint density at radius 1 is 1.28 bits per heavy atom. The number of aryl methyl sites for hydroxylation is 2. The molecular formula is C19H24N4O2. The molecule has 6 heteroatoms. The molecule has 1 N–H and O–H groups in total.